The molecule has 0 aromatic heterocycles. The summed E-state index contributed by atoms with van der Waals surface area (Å²) in [5.41, 5.74) is 1.54. The Morgan fingerprint density at radius 2 is 1.86 bits per heavy atom. The lowest BCUT2D eigenvalue weighted by Crippen LogP contribution is -2.31. The summed E-state index contributed by atoms with van der Waals surface area (Å²) < 4.78 is 11.1. The van der Waals surface area contributed by atoms with Crippen LogP contribution in [0.4, 0.5) is 0 Å². The molecule has 0 bridgehead atoms. The maximum Gasteiger partial charge on any atom is 0.330 e. The van der Waals surface area contributed by atoms with E-state index in [4.69, 9.17) is 9.47 Å². The van der Waals surface area contributed by atoms with Gasteiger partial charge in [0.25, 0.3) is 11.8 Å². The summed E-state index contributed by atoms with van der Waals surface area (Å²) in [5.74, 6) is -0.500. The maximum atomic E-state index is 12.4. The second-order valence-corrected chi connectivity index (χ2v) is 6.96. The van der Waals surface area contributed by atoms with Gasteiger partial charge in [-0.2, -0.15) is 0 Å². The summed E-state index contributed by atoms with van der Waals surface area (Å²) >= 11 is 3.30. The first kappa shape index (κ1) is 19.8. The van der Waals surface area contributed by atoms with Crippen LogP contribution >= 0.6 is 15.9 Å². The molecule has 0 radical (unpaired) electrons. The summed E-state index contributed by atoms with van der Waals surface area (Å²) in [5, 5.41) is 0. The largest absolute Gasteiger partial charge is 0.496 e. The fraction of sp³-hybridized carbons (Fsp3) is 0.190. The number of para-hydroxylation sites is 1. The standard InChI is InChI=1S/C21H18BrNO5/c1-27-18-6-3-2-5-14(18)7-10-19(24)28-12-4-11-23-20(25)16-9-8-15(22)13-17(16)21(23)26/h2-3,5-10,13H,4,11-12H2,1H3/b10-7+. The fourth-order valence-corrected chi connectivity index (χ4v) is 3.23. The smallest absolute Gasteiger partial charge is 0.330 e. The lowest BCUT2D eigenvalue weighted by molar-refractivity contribution is -0.137. The number of nitrogens with zero attached hydrogens (tertiary/aromatic N) is 1. The van der Waals surface area contributed by atoms with E-state index in [1.54, 1.807) is 37.5 Å². The number of carbonyl (C=O) groups is 3. The minimum absolute atomic E-state index is 0.103. The zero-order valence-electron chi connectivity index (χ0n) is 15.2. The number of halogens is 1. The van der Waals surface area contributed by atoms with Gasteiger partial charge in [0.15, 0.2) is 0 Å². The molecule has 0 aliphatic carbocycles. The molecule has 0 N–H and O–H groups in total. The third-order valence-electron chi connectivity index (χ3n) is 4.24. The number of hydrogen-bond donors (Lipinski definition) is 0. The zero-order chi connectivity index (χ0) is 20.1. The number of methoxy groups -OCH3 is 1. The molecular weight excluding hydrogens is 426 g/mol. The van der Waals surface area contributed by atoms with Crippen LogP contribution in [0.15, 0.2) is 53.0 Å². The van der Waals surface area contributed by atoms with E-state index in [-0.39, 0.29) is 25.0 Å². The molecule has 2 aromatic carbocycles. The van der Waals surface area contributed by atoms with E-state index in [1.807, 2.05) is 18.2 Å². The van der Waals surface area contributed by atoms with E-state index in [0.717, 1.165) is 10.0 Å². The number of fused-ring (bicyclic) bond motifs is 1. The Hall–Kier alpha value is -2.93. The molecule has 0 saturated carbocycles. The zero-order valence-corrected chi connectivity index (χ0v) is 16.8. The van der Waals surface area contributed by atoms with Crippen molar-refractivity contribution in [3.8, 4) is 5.75 Å². The molecule has 2 amide bonds. The highest BCUT2D eigenvalue weighted by Crippen LogP contribution is 2.26. The average molecular weight is 444 g/mol. The van der Waals surface area contributed by atoms with Crippen LogP contribution in [0.1, 0.15) is 32.7 Å². The molecule has 0 fully saturated rings. The van der Waals surface area contributed by atoms with E-state index < -0.39 is 5.97 Å². The van der Waals surface area contributed by atoms with Crippen molar-refractivity contribution in [3.63, 3.8) is 0 Å². The van der Waals surface area contributed by atoms with E-state index >= 15 is 0 Å². The lowest BCUT2D eigenvalue weighted by atomic mass is 10.1. The van der Waals surface area contributed by atoms with Crippen molar-refractivity contribution < 1.29 is 23.9 Å². The van der Waals surface area contributed by atoms with Crippen LogP contribution < -0.4 is 4.74 Å². The van der Waals surface area contributed by atoms with Crippen LogP contribution in [0.25, 0.3) is 6.08 Å². The summed E-state index contributed by atoms with van der Waals surface area (Å²) in [7, 11) is 1.56. The normalized spacial score (nSPS) is 13.1. The van der Waals surface area contributed by atoms with E-state index in [0.29, 0.717) is 23.3 Å². The number of carbonyl (C=O) groups excluding carboxylic acids is 3. The van der Waals surface area contributed by atoms with Crippen molar-refractivity contribution in [1.29, 1.82) is 0 Å². The van der Waals surface area contributed by atoms with Gasteiger partial charge in [-0.1, -0.05) is 34.1 Å². The van der Waals surface area contributed by atoms with Gasteiger partial charge in [0, 0.05) is 22.7 Å². The Bertz CT molecular complexity index is 954. The third kappa shape index (κ3) is 4.31. The molecule has 144 valence electrons. The first-order valence-electron chi connectivity index (χ1n) is 8.65. The number of esters is 1. The molecule has 1 aliphatic heterocycles. The molecule has 7 heteroatoms. The van der Waals surface area contributed by atoms with Gasteiger partial charge in [-0.25, -0.2) is 4.79 Å². The van der Waals surface area contributed by atoms with Crippen LogP contribution in [0, 0.1) is 0 Å². The number of imide groups is 1. The van der Waals surface area contributed by atoms with Gasteiger partial charge in [0.2, 0.25) is 0 Å². The van der Waals surface area contributed by atoms with Crippen LogP contribution in [-0.4, -0.2) is 42.9 Å². The highest BCUT2D eigenvalue weighted by Gasteiger charge is 2.35. The number of benzene rings is 2. The monoisotopic (exact) mass is 443 g/mol. The van der Waals surface area contributed by atoms with Crippen molar-refractivity contribution in [2.45, 2.75) is 6.42 Å². The number of hydrogen-bond acceptors (Lipinski definition) is 5. The molecule has 1 aliphatic rings. The van der Waals surface area contributed by atoms with Crippen molar-refractivity contribution in [3.05, 3.63) is 69.7 Å². The second-order valence-electron chi connectivity index (χ2n) is 6.05. The van der Waals surface area contributed by atoms with Crippen molar-refractivity contribution >= 4 is 39.8 Å². The van der Waals surface area contributed by atoms with Gasteiger partial charge < -0.3 is 9.47 Å². The predicted molar refractivity (Wildman–Crippen MR) is 107 cm³/mol. The minimum Gasteiger partial charge on any atom is -0.496 e. The summed E-state index contributed by atoms with van der Waals surface area (Å²) in [6, 6.07) is 12.3. The molecule has 3 rings (SSSR count). The van der Waals surface area contributed by atoms with E-state index in [1.165, 1.54) is 11.0 Å². The van der Waals surface area contributed by atoms with Gasteiger partial charge >= 0.3 is 5.97 Å². The lowest BCUT2D eigenvalue weighted by Gasteiger charge is -2.13. The van der Waals surface area contributed by atoms with Gasteiger partial charge in [-0.15, -0.1) is 0 Å². The molecule has 0 saturated heterocycles. The van der Waals surface area contributed by atoms with E-state index in [2.05, 4.69) is 15.9 Å². The van der Waals surface area contributed by atoms with Gasteiger partial charge in [-0.3, -0.25) is 14.5 Å². The Labute approximate surface area is 170 Å². The average Bonchev–Trinajstić information content (AvgIpc) is 2.93. The third-order valence-corrected chi connectivity index (χ3v) is 4.73. The molecule has 0 unspecified atom stereocenters. The molecule has 0 spiro atoms. The van der Waals surface area contributed by atoms with Crippen LogP contribution in [-0.2, 0) is 9.53 Å². The predicted octanol–water partition coefficient (Wildman–Crippen LogP) is 3.70. The summed E-state index contributed by atoms with van der Waals surface area (Å²) in [4.78, 5) is 37.7. The number of amides is 2. The maximum absolute atomic E-state index is 12.4. The van der Waals surface area contributed by atoms with E-state index in [9.17, 15) is 14.4 Å². The molecule has 6 nitrogen and oxygen atoms in total. The fourth-order valence-electron chi connectivity index (χ4n) is 2.87. The first-order chi connectivity index (χ1) is 13.5. The van der Waals surface area contributed by atoms with Gasteiger partial charge in [-0.05, 0) is 36.8 Å². The Kier molecular flexibility index (Phi) is 6.26. The molecule has 2 aromatic rings. The van der Waals surface area contributed by atoms with Crippen molar-refractivity contribution in [2.75, 3.05) is 20.3 Å². The Morgan fingerprint density at radius 1 is 1.11 bits per heavy atom. The Morgan fingerprint density at radius 3 is 2.64 bits per heavy atom. The van der Waals surface area contributed by atoms with Gasteiger partial charge in [0.05, 0.1) is 24.8 Å². The van der Waals surface area contributed by atoms with Crippen LogP contribution in [0.2, 0.25) is 0 Å². The topological polar surface area (TPSA) is 72.9 Å². The number of rotatable bonds is 7. The molecule has 0 atom stereocenters. The van der Waals surface area contributed by atoms with Crippen LogP contribution in [0.3, 0.4) is 0 Å². The quantitative estimate of drug-likeness (QED) is 0.282. The molecule has 1 heterocycles. The van der Waals surface area contributed by atoms with Crippen molar-refractivity contribution in [1.82, 2.24) is 4.90 Å². The molecular formula is C21H18BrNO5. The summed E-state index contributed by atoms with van der Waals surface area (Å²) in [6.45, 7) is 0.291. The number of ether oxygens (including phenoxy) is 2. The summed E-state index contributed by atoms with van der Waals surface area (Å²) in [6.07, 6.45) is 3.29. The SMILES string of the molecule is COc1ccccc1/C=C/C(=O)OCCCN1C(=O)c2ccc(Br)cc2C1=O. The minimum atomic E-state index is -0.503. The molecule has 28 heavy (non-hydrogen) atoms. The Balaban J connectivity index is 1.48. The second kappa shape index (κ2) is 8.84. The highest BCUT2D eigenvalue weighted by molar-refractivity contribution is 9.10. The highest BCUT2D eigenvalue weighted by atomic mass is 79.9. The van der Waals surface area contributed by atoms with Gasteiger partial charge in [0.1, 0.15) is 5.75 Å². The first-order valence-corrected chi connectivity index (χ1v) is 9.44. The van der Waals surface area contributed by atoms with Crippen LogP contribution in [0.5, 0.6) is 5.75 Å². The van der Waals surface area contributed by atoms with Crippen molar-refractivity contribution in [2.24, 2.45) is 0 Å².